The fraction of sp³-hybridized carbons (Fsp3) is 0.261. The summed E-state index contributed by atoms with van der Waals surface area (Å²) in [6.45, 7) is -0.970. The van der Waals surface area contributed by atoms with Gasteiger partial charge in [0, 0.05) is 30.8 Å². The predicted molar refractivity (Wildman–Crippen MR) is 118 cm³/mol. The lowest BCUT2D eigenvalue weighted by molar-refractivity contribution is -0.137. The van der Waals surface area contributed by atoms with Gasteiger partial charge in [0.2, 0.25) is 21.9 Å². The smallest absolute Gasteiger partial charge is 0.349 e. The van der Waals surface area contributed by atoms with Gasteiger partial charge in [0.15, 0.2) is 0 Å². The van der Waals surface area contributed by atoms with Crippen LogP contribution in [-0.2, 0) is 27.5 Å². The van der Waals surface area contributed by atoms with E-state index in [4.69, 9.17) is 0 Å². The molecule has 0 spiro atoms. The van der Waals surface area contributed by atoms with Crippen molar-refractivity contribution in [2.24, 2.45) is 0 Å². The van der Waals surface area contributed by atoms with Crippen LogP contribution in [-0.4, -0.2) is 47.4 Å². The first-order valence-electron chi connectivity index (χ1n) is 10.7. The number of aromatic nitrogens is 2. The molecule has 1 aliphatic rings. The van der Waals surface area contributed by atoms with Crippen LogP contribution in [0.15, 0.2) is 59.6 Å². The summed E-state index contributed by atoms with van der Waals surface area (Å²) < 4.78 is 106. The van der Waals surface area contributed by atoms with Gasteiger partial charge in [0.25, 0.3) is 0 Å². The second-order valence-corrected chi connectivity index (χ2v) is 10.1. The van der Waals surface area contributed by atoms with Crippen molar-refractivity contribution in [2.45, 2.75) is 36.3 Å². The number of sulfonamides is 1. The van der Waals surface area contributed by atoms with Gasteiger partial charge in [-0.25, -0.2) is 22.2 Å². The molecule has 37 heavy (non-hydrogen) atoms. The van der Waals surface area contributed by atoms with Crippen molar-refractivity contribution in [2.75, 3.05) is 6.54 Å². The van der Waals surface area contributed by atoms with Crippen molar-refractivity contribution in [1.82, 2.24) is 19.6 Å². The second-order valence-electron chi connectivity index (χ2n) is 8.19. The SMILES string of the molecule is O=C(NCc1cc(-c2ccc(C(F)(F)F)cn2)cc(F)n1)[C@@H]1C[C@@H](F)CN1S(=O)(=O)c1ccc(F)cc1. The number of pyridine rings is 2. The number of carbonyl (C=O) groups excluding carboxylic acids is 1. The summed E-state index contributed by atoms with van der Waals surface area (Å²) >= 11 is 0. The maximum absolute atomic E-state index is 14.2. The fourth-order valence-electron chi connectivity index (χ4n) is 3.82. The summed E-state index contributed by atoms with van der Waals surface area (Å²) in [6, 6.07) is 6.49. The van der Waals surface area contributed by atoms with E-state index in [2.05, 4.69) is 15.3 Å². The number of hydrogen-bond acceptors (Lipinski definition) is 5. The molecule has 4 rings (SSSR count). The maximum Gasteiger partial charge on any atom is 0.417 e. The highest BCUT2D eigenvalue weighted by atomic mass is 32.2. The maximum atomic E-state index is 14.2. The third-order valence-electron chi connectivity index (χ3n) is 5.61. The highest BCUT2D eigenvalue weighted by Crippen LogP contribution is 2.30. The molecular formula is C23H18F6N4O3S. The Kier molecular flexibility index (Phi) is 7.24. The number of carbonyl (C=O) groups is 1. The van der Waals surface area contributed by atoms with Crippen LogP contribution in [0.1, 0.15) is 17.7 Å². The summed E-state index contributed by atoms with van der Waals surface area (Å²) in [5.74, 6) is -2.54. The van der Waals surface area contributed by atoms with Crippen molar-refractivity contribution in [3.8, 4) is 11.3 Å². The molecular weight excluding hydrogens is 526 g/mol. The first kappa shape index (κ1) is 26.5. The Morgan fingerprint density at radius 1 is 1.08 bits per heavy atom. The number of rotatable bonds is 6. The van der Waals surface area contributed by atoms with E-state index in [0.717, 1.165) is 42.5 Å². The average molecular weight is 544 g/mol. The monoisotopic (exact) mass is 544 g/mol. The van der Waals surface area contributed by atoms with Gasteiger partial charge >= 0.3 is 6.18 Å². The molecule has 2 aromatic heterocycles. The van der Waals surface area contributed by atoms with Gasteiger partial charge in [-0.15, -0.1) is 0 Å². The lowest BCUT2D eigenvalue weighted by Crippen LogP contribution is -2.45. The minimum absolute atomic E-state index is 0.0227. The lowest BCUT2D eigenvalue weighted by Gasteiger charge is -2.23. The van der Waals surface area contributed by atoms with E-state index >= 15 is 0 Å². The van der Waals surface area contributed by atoms with E-state index in [0.29, 0.717) is 10.5 Å². The lowest BCUT2D eigenvalue weighted by atomic mass is 10.1. The molecule has 1 aromatic carbocycles. The molecule has 3 aromatic rings. The molecule has 2 atom stereocenters. The van der Waals surface area contributed by atoms with Crippen LogP contribution in [0.4, 0.5) is 26.3 Å². The van der Waals surface area contributed by atoms with Gasteiger partial charge in [-0.2, -0.15) is 21.9 Å². The van der Waals surface area contributed by atoms with Gasteiger partial charge in [-0.1, -0.05) is 0 Å². The van der Waals surface area contributed by atoms with Gasteiger partial charge < -0.3 is 5.32 Å². The molecule has 0 saturated carbocycles. The van der Waals surface area contributed by atoms with Gasteiger partial charge in [-0.3, -0.25) is 9.78 Å². The van der Waals surface area contributed by atoms with Gasteiger partial charge in [0.1, 0.15) is 18.0 Å². The largest absolute Gasteiger partial charge is 0.417 e. The Morgan fingerprint density at radius 3 is 2.41 bits per heavy atom. The molecule has 3 heterocycles. The minimum Gasteiger partial charge on any atom is -0.349 e. The Balaban J connectivity index is 1.50. The van der Waals surface area contributed by atoms with Crippen molar-refractivity contribution in [3.63, 3.8) is 0 Å². The average Bonchev–Trinajstić information content (AvgIpc) is 3.25. The summed E-state index contributed by atoms with van der Waals surface area (Å²) in [7, 11) is -4.33. The van der Waals surface area contributed by atoms with E-state index < -0.39 is 64.6 Å². The zero-order valence-electron chi connectivity index (χ0n) is 18.7. The Bertz CT molecular complexity index is 1400. The quantitative estimate of drug-likeness (QED) is 0.376. The first-order chi connectivity index (χ1) is 17.3. The van der Waals surface area contributed by atoms with E-state index in [-0.39, 0.29) is 28.4 Å². The van der Waals surface area contributed by atoms with Gasteiger partial charge in [-0.05, 0) is 42.5 Å². The molecule has 0 bridgehead atoms. The molecule has 0 radical (unpaired) electrons. The Labute approximate surface area is 207 Å². The highest BCUT2D eigenvalue weighted by molar-refractivity contribution is 7.89. The number of nitrogens with zero attached hydrogens (tertiary/aromatic N) is 3. The minimum atomic E-state index is -4.60. The van der Waals surface area contributed by atoms with Crippen molar-refractivity contribution in [3.05, 3.63) is 77.8 Å². The van der Waals surface area contributed by atoms with Crippen LogP contribution < -0.4 is 5.32 Å². The zero-order chi connectivity index (χ0) is 27.0. The molecule has 7 nitrogen and oxygen atoms in total. The molecule has 0 unspecified atom stereocenters. The molecule has 1 amide bonds. The van der Waals surface area contributed by atoms with Crippen LogP contribution in [0.25, 0.3) is 11.3 Å². The number of nitrogens with one attached hydrogen (secondary N) is 1. The molecule has 1 fully saturated rings. The Morgan fingerprint density at radius 2 is 1.78 bits per heavy atom. The first-order valence-corrected chi connectivity index (χ1v) is 12.2. The third kappa shape index (κ3) is 5.91. The molecule has 1 aliphatic heterocycles. The summed E-state index contributed by atoms with van der Waals surface area (Å²) in [5, 5.41) is 2.39. The molecule has 0 aliphatic carbocycles. The van der Waals surface area contributed by atoms with Crippen LogP contribution in [0.5, 0.6) is 0 Å². The number of amides is 1. The van der Waals surface area contributed by atoms with Crippen molar-refractivity contribution >= 4 is 15.9 Å². The van der Waals surface area contributed by atoms with Crippen molar-refractivity contribution in [1.29, 1.82) is 0 Å². The highest BCUT2D eigenvalue weighted by Gasteiger charge is 2.44. The molecule has 196 valence electrons. The van der Waals surface area contributed by atoms with Crippen LogP contribution in [0.3, 0.4) is 0 Å². The van der Waals surface area contributed by atoms with E-state index in [9.17, 15) is 39.6 Å². The second kappa shape index (κ2) is 10.1. The van der Waals surface area contributed by atoms with Crippen LogP contribution in [0.2, 0.25) is 0 Å². The molecule has 1 saturated heterocycles. The fourth-order valence-corrected chi connectivity index (χ4v) is 5.45. The Hall–Kier alpha value is -3.52. The summed E-state index contributed by atoms with van der Waals surface area (Å²) in [6.07, 6.45) is -6.06. The van der Waals surface area contributed by atoms with Gasteiger partial charge in [0.05, 0.1) is 28.4 Å². The van der Waals surface area contributed by atoms with E-state index in [1.807, 2.05) is 0 Å². The number of benzene rings is 1. The number of hydrogen-bond donors (Lipinski definition) is 1. The summed E-state index contributed by atoms with van der Waals surface area (Å²) in [5.41, 5.74) is -0.904. The normalized spacial score (nSPS) is 18.6. The molecule has 14 heteroatoms. The summed E-state index contributed by atoms with van der Waals surface area (Å²) in [4.78, 5) is 19.8. The zero-order valence-corrected chi connectivity index (χ0v) is 19.5. The van der Waals surface area contributed by atoms with E-state index in [1.165, 1.54) is 6.07 Å². The number of alkyl halides is 4. The standard InChI is InChI=1S/C23H18F6N4O3S/c24-15-2-4-18(5-3-15)37(35,36)33-12-16(25)9-20(33)22(34)31-11-17-7-13(8-21(26)32-17)19-6-1-14(10-30-19)23(27,28)29/h1-8,10,16,20H,9,11-12H2,(H,31,34)/t16-,20+/m1/s1. The predicted octanol–water partition coefficient (Wildman–Crippen LogP) is 3.86. The molecule has 1 N–H and O–H groups in total. The van der Waals surface area contributed by atoms with Crippen molar-refractivity contribution < 1.29 is 39.6 Å². The van der Waals surface area contributed by atoms with Crippen LogP contribution >= 0.6 is 0 Å². The topological polar surface area (TPSA) is 92.3 Å². The van der Waals surface area contributed by atoms with Crippen LogP contribution in [0, 0.1) is 11.8 Å². The third-order valence-corrected chi connectivity index (χ3v) is 7.49. The van der Waals surface area contributed by atoms with E-state index in [1.54, 1.807) is 0 Å². The number of halogens is 6.